The number of alkyl halides is 9. The molecule has 49 heavy (non-hydrogen) atoms. The minimum atomic E-state index is -5.10. The van der Waals surface area contributed by atoms with Gasteiger partial charge in [0.15, 0.2) is 0 Å². The van der Waals surface area contributed by atoms with E-state index in [-0.39, 0.29) is 53.9 Å². The molecule has 262 valence electrons. The molecule has 0 saturated heterocycles. The van der Waals surface area contributed by atoms with Crippen molar-refractivity contribution in [2.24, 2.45) is 7.05 Å². The summed E-state index contributed by atoms with van der Waals surface area (Å²) < 4.78 is 130. The molecule has 4 aromatic rings. The average molecular weight is 701 g/mol. The fourth-order valence-electron chi connectivity index (χ4n) is 5.96. The van der Waals surface area contributed by atoms with E-state index in [0.717, 1.165) is 10.9 Å². The van der Waals surface area contributed by atoms with Gasteiger partial charge in [0, 0.05) is 25.3 Å². The van der Waals surface area contributed by atoms with E-state index in [9.17, 15) is 44.3 Å². The zero-order valence-electron chi connectivity index (χ0n) is 26.2. The molecule has 0 fully saturated rings. The molecule has 5 rings (SSSR count). The quantitative estimate of drug-likeness (QED) is 0.143. The highest BCUT2D eigenvalue weighted by molar-refractivity contribution is 5.89. The lowest BCUT2D eigenvalue weighted by atomic mass is 9.94. The van der Waals surface area contributed by atoms with E-state index in [1.165, 1.54) is 38.1 Å². The van der Waals surface area contributed by atoms with Crippen LogP contribution in [0.5, 0.6) is 0 Å². The van der Waals surface area contributed by atoms with Crippen molar-refractivity contribution in [3.05, 3.63) is 99.1 Å². The van der Waals surface area contributed by atoms with E-state index in [2.05, 4.69) is 15.4 Å². The Morgan fingerprint density at radius 2 is 1.59 bits per heavy atom. The van der Waals surface area contributed by atoms with Gasteiger partial charge in [0.25, 0.3) is 5.95 Å². The fourth-order valence-corrected chi connectivity index (χ4v) is 5.96. The number of hydrogen-bond donors (Lipinski definition) is 0. The van der Waals surface area contributed by atoms with Crippen LogP contribution in [0.2, 0.25) is 0 Å². The summed E-state index contributed by atoms with van der Waals surface area (Å²) in [7, 11) is 2.62. The molecule has 1 aliphatic heterocycles. The van der Waals surface area contributed by atoms with Crippen LogP contribution in [0.25, 0.3) is 0 Å². The molecule has 2 heterocycles. The predicted octanol–water partition coefficient (Wildman–Crippen LogP) is 7.91. The maximum Gasteiger partial charge on any atom is 0.416 e. The fraction of sp³-hybridized carbons (Fsp3) is 0.375. The highest BCUT2D eigenvalue weighted by Gasteiger charge is 2.39. The van der Waals surface area contributed by atoms with Gasteiger partial charge in [-0.3, -0.25) is 0 Å². The maximum absolute atomic E-state index is 14.2. The van der Waals surface area contributed by atoms with Gasteiger partial charge in [0.1, 0.15) is 0 Å². The molecule has 3 aromatic carbocycles. The number of methoxy groups -OCH3 is 1. The van der Waals surface area contributed by atoms with Crippen LogP contribution < -0.4 is 9.80 Å². The molecule has 1 aromatic heterocycles. The number of hydrogen-bond acceptors (Lipinski definition) is 7. The lowest BCUT2D eigenvalue weighted by Crippen LogP contribution is -2.30. The number of benzene rings is 3. The Hall–Kier alpha value is -4.83. The Morgan fingerprint density at radius 3 is 2.16 bits per heavy atom. The van der Waals surface area contributed by atoms with E-state index in [1.54, 1.807) is 23.1 Å². The molecule has 17 heteroatoms. The first-order chi connectivity index (χ1) is 22.8. The molecule has 0 radical (unpaired) electrons. The third-order valence-corrected chi connectivity index (χ3v) is 8.14. The van der Waals surface area contributed by atoms with Crippen LogP contribution in [-0.4, -0.2) is 39.8 Å². The van der Waals surface area contributed by atoms with Crippen LogP contribution in [0.4, 0.5) is 51.1 Å². The summed E-state index contributed by atoms with van der Waals surface area (Å²) in [5.74, 6) is -0.759. The SMILES string of the molecule is COC(=O)c1cccc(CN2CCCC(N(Cc3cc(C(F)(F)F)cc(C(F)(F)F)c3)c3nnn(C)n3)c3cc(C)c(C(F)(F)F)cc32)c1. The van der Waals surface area contributed by atoms with E-state index in [4.69, 9.17) is 4.74 Å². The maximum atomic E-state index is 14.2. The lowest BCUT2D eigenvalue weighted by Gasteiger charge is -2.33. The van der Waals surface area contributed by atoms with Gasteiger partial charge in [0.2, 0.25) is 0 Å². The normalized spacial score (nSPS) is 15.5. The highest BCUT2D eigenvalue weighted by Crippen LogP contribution is 2.44. The summed E-state index contributed by atoms with van der Waals surface area (Å²) in [4.78, 5) is 16.2. The van der Waals surface area contributed by atoms with Crippen LogP contribution >= 0.6 is 0 Å². The molecule has 8 nitrogen and oxygen atoms in total. The molecular weight excluding hydrogens is 671 g/mol. The van der Waals surface area contributed by atoms with Crippen molar-refractivity contribution in [3.63, 3.8) is 0 Å². The van der Waals surface area contributed by atoms with Gasteiger partial charge in [-0.15, -0.1) is 5.10 Å². The molecule has 0 N–H and O–H groups in total. The number of rotatable bonds is 7. The number of aromatic nitrogens is 4. The molecule has 1 aliphatic rings. The molecule has 1 unspecified atom stereocenters. The van der Waals surface area contributed by atoms with Crippen LogP contribution in [0.3, 0.4) is 0 Å². The largest absolute Gasteiger partial charge is 0.465 e. The van der Waals surface area contributed by atoms with Gasteiger partial charge >= 0.3 is 24.5 Å². The van der Waals surface area contributed by atoms with Crippen LogP contribution in [0.15, 0.2) is 54.6 Å². The van der Waals surface area contributed by atoms with E-state index < -0.39 is 53.8 Å². The average Bonchev–Trinajstić information content (AvgIpc) is 3.37. The van der Waals surface area contributed by atoms with Crippen molar-refractivity contribution < 1.29 is 49.0 Å². The Bertz CT molecular complexity index is 1800. The van der Waals surface area contributed by atoms with Crippen molar-refractivity contribution in [2.45, 2.75) is 57.4 Å². The van der Waals surface area contributed by atoms with Gasteiger partial charge in [-0.05, 0) is 83.6 Å². The second-order valence-electron chi connectivity index (χ2n) is 11.6. The smallest absolute Gasteiger partial charge is 0.416 e. The highest BCUT2D eigenvalue weighted by atomic mass is 19.4. The Labute approximate surface area is 274 Å². The molecule has 0 saturated carbocycles. The summed E-state index contributed by atoms with van der Waals surface area (Å²) in [6.45, 7) is 0.985. The number of anilines is 2. The number of halogens is 9. The van der Waals surface area contributed by atoms with E-state index >= 15 is 0 Å². The molecule has 0 aliphatic carbocycles. The summed E-state index contributed by atoms with van der Waals surface area (Å²) in [6, 6.07) is 8.97. The Balaban J connectivity index is 1.66. The molecule has 0 amide bonds. The number of fused-ring (bicyclic) bond motifs is 1. The summed E-state index contributed by atoms with van der Waals surface area (Å²) >= 11 is 0. The van der Waals surface area contributed by atoms with Gasteiger partial charge < -0.3 is 14.5 Å². The predicted molar refractivity (Wildman–Crippen MR) is 158 cm³/mol. The minimum Gasteiger partial charge on any atom is -0.465 e. The van der Waals surface area contributed by atoms with Crippen LogP contribution in [-0.2, 0) is 43.4 Å². The zero-order valence-corrected chi connectivity index (χ0v) is 26.2. The molecule has 0 bridgehead atoms. The minimum absolute atomic E-state index is 0.0183. The standard InChI is InChI=1S/C32H29F9N6O2/c1-18-10-24-26(47(29-42-44-45(2)43-29)17-20-12-22(30(33,34)35)14-23(13-20)31(36,37)38)8-5-9-46(27(24)15-25(18)32(39,40)41)16-19-6-4-7-21(11-19)28(48)49-3/h4,6-7,10-15,26H,5,8-9,16-17H2,1-3H3. The number of aryl methyl sites for hydroxylation is 2. The first-order valence-electron chi connectivity index (χ1n) is 14.8. The summed E-state index contributed by atoms with van der Waals surface area (Å²) in [5.41, 5.74) is -3.20. The number of nitrogens with zero attached hydrogens (tertiary/aromatic N) is 6. The summed E-state index contributed by atoms with van der Waals surface area (Å²) in [5, 5.41) is 11.9. The van der Waals surface area contributed by atoms with Gasteiger partial charge in [0.05, 0.1) is 42.5 Å². The lowest BCUT2D eigenvalue weighted by molar-refractivity contribution is -0.143. The van der Waals surface area contributed by atoms with Crippen molar-refractivity contribution in [2.75, 3.05) is 23.5 Å². The van der Waals surface area contributed by atoms with E-state index in [1.807, 2.05) is 0 Å². The number of esters is 1. The first-order valence-corrected chi connectivity index (χ1v) is 14.8. The summed E-state index contributed by atoms with van der Waals surface area (Å²) in [6.07, 6.45) is -14.4. The third-order valence-electron chi connectivity index (χ3n) is 8.14. The topological polar surface area (TPSA) is 76.4 Å². The van der Waals surface area contributed by atoms with Crippen LogP contribution in [0.1, 0.15) is 68.2 Å². The first kappa shape index (κ1) is 35.5. The third kappa shape index (κ3) is 7.91. The Kier molecular flexibility index (Phi) is 9.58. The molecule has 0 spiro atoms. The van der Waals surface area contributed by atoms with Crippen LogP contribution in [0, 0.1) is 6.92 Å². The van der Waals surface area contributed by atoms with Crippen molar-refractivity contribution in [3.8, 4) is 0 Å². The van der Waals surface area contributed by atoms with E-state index in [0.29, 0.717) is 29.7 Å². The van der Waals surface area contributed by atoms with Crippen molar-refractivity contribution in [1.82, 2.24) is 20.2 Å². The second-order valence-corrected chi connectivity index (χ2v) is 11.6. The zero-order chi connectivity index (χ0) is 35.9. The number of carbonyl (C=O) groups excluding carboxylic acids is 1. The monoisotopic (exact) mass is 700 g/mol. The van der Waals surface area contributed by atoms with Gasteiger partial charge in [-0.25, -0.2) is 4.79 Å². The molecular formula is C32H29F9N6O2. The molecule has 1 atom stereocenters. The van der Waals surface area contributed by atoms with Gasteiger partial charge in [-0.1, -0.05) is 23.3 Å². The van der Waals surface area contributed by atoms with Crippen molar-refractivity contribution in [1.29, 1.82) is 0 Å². The van der Waals surface area contributed by atoms with Crippen molar-refractivity contribution >= 4 is 17.6 Å². The second kappa shape index (κ2) is 13.2. The number of tetrazole rings is 1. The number of ether oxygens (including phenoxy) is 1. The van der Waals surface area contributed by atoms with Gasteiger partial charge in [-0.2, -0.15) is 44.3 Å². The number of carbonyl (C=O) groups is 1. The Morgan fingerprint density at radius 1 is 0.918 bits per heavy atom.